The van der Waals surface area contributed by atoms with Crippen LogP contribution in [0, 0.1) is 6.92 Å². The molecule has 0 spiro atoms. The summed E-state index contributed by atoms with van der Waals surface area (Å²) in [5.41, 5.74) is 1.67. The van der Waals surface area contributed by atoms with Gasteiger partial charge in [-0.1, -0.05) is 11.6 Å². The zero-order valence-corrected chi connectivity index (χ0v) is 16.4. The van der Waals surface area contributed by atoms with Crippen molar-refractivity contribution in [3.05, 3.63) is 58.6 Å². The van der Waals surface area contributed by atoms with Gasteiger partial charge in [-0.05, 0) is 67.8 Å². The Balaban J connectivity index is 1.69. The summed E-state index contributed by atoms with van der Waals surface area (Å²) in [6.07, 6.45) is 1.74. The average Bonchev–Trinajstić information content (AvgIpc) is 3.16. The Morgan fingerprint density at radius 2 is 1.96 bits per heavy atom. The topological polar surface area (TPSA) is 84.5 Å². The van der Waals surface area contributed by atoms with Crippen LogP contribution in [0.25, 0.3) is 0 Å². The quantitative estimate of drug-likeness (QED) is 0.767. The van der Waals surface area contributed by atoms with Gasteiger partial charge in [0.2, 0.25) is 10.0 Å². The Morgan fingerprint density at radius 3 is 2.59 bits per heavy atom. The number of nitrogens with one attached hydrogen (secondary N) is 2. The number of rotatable bonds is 6. The van der Waals surface area contributed by atoms with Crippen molar-refractivity contribution in [1.82, 2.24) is 4.72 Å². The van der Waals surface area contributed by atoms with Crippen LogP contribution in [0.3, 0.4) is 0 Å². The number of carbonyl (C=O) groups is 1. The molecule has 27 heavy (non-hydrogen) atoms. The van der Waals surface area contributed by atoms with E-state index in [1.807, 2.05) is 0 Å². The summed E-state index contributed by atoms with van der Waals surface area (Å²) in [4.78, 5) is 12.5. The molecule has 6 nitrogen and oxygen atoms in total. The molecule has 1 saturated heterocycles. The normalized spacial score (nSPS) is 17.0. The molecule has 3 rings (SSSR count). The van der Waals surface area contributed by atoms with Gasteiger partial charge in [0.15, 0.2) is 0 Å². The predicted octanol–water partition coefficient (Wildman–Crippen LogP) is 3.36. The minimum Gasteiger partial charge on any atom is -0.377 e. The van der Waals surface area contributed by atoms with Crippen LogP contribution in [-0.2, 0) is 14.8 Å². The van der Waals surface area contributed by atoms with Crippen molar-refractivity contribution in [2.24, 2.45) is 0 Å². The summed E-state index contributed by atoms with van der Waals surface area (Å²) in [7, 11) is -3.63. The standard InChI is InChI=1S/C19H21ClN2O4S/c1-13-11-17(27(24,25)21-12-16-3-2-10-26-16)8-9-18(13)22-19(23)14-4-6-15(20)7-5-14/h4-9,11,16,21H,2-3,10,12H2,1H3,(H,22,23)/t16-/m1/s1. The van der Waals surface area contributed by atoms with Gasteiger partial charge in [-0.25, -0.2) is 13.1 Å². The van der Waals surface area contributed by atoms with Gasteiger partial charge in [0, 0.05) is 29.4 Å². The van der Waals surface area contributed by atoms with Crippen LogP contribution in [0.1, 0.15) is 28.8 Å². The molecule has 1 fully saturated rings. The fourth-order valence-corrected chi connectivity index (χ4v) is 4.11. The number of amides is 1. The molecule has 1 aliphatic rings. The predicted molar refractivity (Wildman–Crippen MR) is 105 cm³/mol. The first-order chi connectivity index (χ1) is 12.8. The van der Waals surface area contributed by atoms with Crippen LogP contribution in [0.15, 0.2) is 47.4 Å². The van der Waals surface area contributed by atoms with Crippen molar-refractivity contribution in [2.75, 3.05) is 18.5 Å². The second kappa shape index (κ2) is 8.39. The summed E-state index contributed by atoms with van der Waals surface area (Å²) >= 11 is 5.83. The van der Waals surface area contributed by atoms with E-state index in [9.17, 15) is 13.2 Å². The Hall–Kier alpha value is -1.93. The van der Waals surface area contributed by atoms with E-state index < -0.39 is 10.0 Å². The van der Waals surface area contributed by atoms with Crippen LogP contribution in [0.4, 0.5) is 5.69 Å². The maximum Gasteiger partial charge on any atom is 0.255 e. The van der Waals surface area contributed by atoms with Crippen molar-refractivity contribution in [3.63, 3.8) is 0 Å². The maximum atomic E-state index is 12.5. The number of carbonyl (C=O) groups excluding carboxylic acids is 1. The molecular weight excluding hydrogens is 388 g/mol. The molecule has 0 radical (unpaired) electrons. The molecule has 0 unspecified atom stereocenters. The number of hydrogen-bond acceptors (Lipinski definition) is 4. The van der Waals surface area contributed by atoms with Gasteiger partial charge in [0.25, 0.3) is 5.91 Å². The van der Waals surface area contributed by atoms with Crippen molar-refractivity contribution >= 4 is 33.2 Å². The zero-order chi connectivity index (χ0) is 19.4. The third-order valence-corrected chi connectivity index (χ3v) is 6.06. The SMILES string of the molecule is Cc1cc(S(=O)(=O)NC[C@H]2CCCO2)ccc1NC(=O)c1ccc(Cl)cc1. The molecule has 1 aliphatic heterocycles. The lowest BCUT2D eigenvalue weighted by Gasteiger charge is -2.13. The van der Waals surface area contributed by atoms with Gasteiger partial charge in [0.05, 0.1) is 11.0 Å². The van der Waals surface area contributed by atoms with E-state index >= 15 is 0 Å². The number of anilines is 1. The van der Waals surface area contributed by atoms with Gasteiger partial charge in [0.1, 0.15) is 0 Å². The van der Waals surface area contributed by atoms with E-state index in [-0.39, 0.29) is 23.5 Å². The number of benzene rings is 2. The van der Waals surface area contributed by atoms with E-state index in [4.69, 9.17) is 16.3 Å². The van der Waals surface area contributed by atoms with E-state index in [0.717, 1.165) is 12.8 Å². The zero-order valence-electron chi connectivity index (χ0n) is 14.9. The molecule has 0 aliphatic carbocycles. The van der Waals surface area contributed by atoms with E-state index in [2.05, 4.69) is 10.0 Å². The third kappa shape index (κ3) is 5.07. The minimum absolute atomic E-state index is 0.0705. The molecule has 144 valence electrons. The van der Waals surface area contributed by atoms with Crippen LogP contribution in [0.5, 0.6) is 0 Å². The summed E-state index contributed by atoms with van der Waals surface area (Å²) < 4.78 is 32.9. The first-order valence-corrected chi connectivity index (χ1v) is 10.5. The monoisotopic (exact) mass is 408 g/mol. The van der Waals surface area contributed by atoms with Gasteiger partial charge in [-0.15, -0.1) is 0 Å². The van der Waals surface area contributed by atoms with Gasteiger partial charge in [-0.2, -0.15) is 0 Å². The molecule has 1 heterocycles. The van der Waals surface area contributed by atoms with Crippen LogP contribution >= 0.6 is 11.6 Å². The van der Waals surface area contributed by atoms with Crippen molar-refractivity contribution in [3.8, 4) is 0 Å². The molecule has 8 heteroatoms. The van der Waals surface area contributed by atoms with E-state index in [1.54, 1.807) is 37.3 Å². The lowest BCUT2D eigenvalue weighted by molar-refractivity contribution is 0.102. The molecule has 0 aromatic heterocycles. The summed E-state index contributed by atoms with van der Waals surface area (Å²) in [5, 5.41) is 3.33. The maximum absolute atomic E-state index is 12.5. The Morgan fingerprint density at radius 1 is 1.22 bits per heavy atom. The Labute approximate surface area is 163 Å². The second-order valence-corrected chi connectivity index (χ2v) is 8.63. The van der Waals surface area contributed by atoms with E-state index in [0.29, 0.717) is 28.4 Å². The smallest absolute Gasteiger partial charge is 0.255 e. The second-order valence-electron chi connectivity index (χ2n) is 6.42. The molecule has 1 amide bonds. The number of halogens is 1. The summed E-state index contributed by atoms with van der Waals surface area (Å²) in [6.45, 7) is 2.68. The fraction of sp³-hybridized carbons (Fsp3) is 0.316. The Bertz CT molecular complexity index is 923. The number of aryl methyl sites for hydroxylation is 1. The highest BCUT2D eigenvalue weighted by Gasteiger charge is 2.21. The Kier molecular flexibility index (Phi) is 6.16. The van der Waals surface area contributed by atoms with Crippen LogP contribution in [-0.4, -0.2) is 33.6 Å². The first-order valence-electron chi connectivity index (χ1n) is 8.64. The molecule has 2 aromatic rings. The van der Waals surface area contributed by atoms with Crippen molar-refractivity contribution in [2.45, 2.75) is 30.8 Å². The lowest BCUT2D eigenvalue weighted by Crippen LogP contribution is -2.31. The average molecular weight is 409 g/mol. The number of sulfonamides is 1. The summed E-state index contributed by atoms with van der Waals surface area (Å²) in [5.74, 6) is -0.290. The molecule has 1 atom stereocenters. The highest BCUT2D eigenvalue weighted by molar-refractivity contribution is 7.89. The van der Waals surface area contributed by atoms with Crippen molar-refractivity contribution < 1.29 is 17.9 Å². The van der Waals surface area contributed by atoms with Crippen LogP contribution < -0.4 is 10.0 Å². The highest BCUT2D eigenvalue weighted by Crippen LogP contribution is 2.21. The van der Waals surface area contributed by atoms with Crippen molar-refractivity contribution in [1.29, 1.82) is 0 Å². The van der Waals surface area contributed by atoms with Gasteiger partial charge >= 0.3 is 0 Å². The van der Waals surface area contributed by atoms with E-state index in [1.165, 1.54) is 12.1 Å². The molecule has 0 saturated carbocycles. The van der Waals surface area contributed by atoms with Gasteiger partial charge in [-0.3, -0.25) is 4.79 Å². The molecule has 2 N–H and O–H groups in total. The van der Waals surface area contributed by atoms with Crippen LogP contribution in [0.2, 0.25) is 5.02 Å². The molecule has 2 aromatic carbocycles. The first kappa shape index (κ1) is 19.8. The third-order valence-electron chi connectivity index (χ3n) is 4.39. The summed E-state index contributed by atoms with van der Waals surface area (Å²) in [6, 6.07) is 11.1. The largest absolute Gasteiger partial charge is 0.377 e. The minimum atomic E-state index is -3.63. The fourth-order valence-electron chi connectivity index (χ4n) is 2.83. The lowest BCUT2D eigenvalue weighted by atomic mass is 10.1. The highest BCUT2D eigenvalue weighted by atomic mass is 35.5. The molecular formula is C19H21ClN2O4S. The molecule has 0 bridgehead atoms. The number of ether oxygens (including phenoxy) is 1. The van der Waals surface area contributed by atoms with Gasteiger partial charge < -0.3 is 10.1 Å². The number of hydrogen-bond donors (Lipinski definition) is 2.